The Kier molecular flexibility index (Phi) is 6.86. The first-order chi connectivity index (χ1) is 9.43. The number of rotatable bonds is 6. The third-order valence-corrected chi connectivity index (χ3v) is 4.17. The van der Waals surface area contributed by atoms with Gasteiger partial charge in [0, 0.05) is 11.8 Å². The van der Waals surface area contributed by atoms with Gasteiger partial charge in [-0.05, 0) is 43.4 Å². The molecule has 0 aromatic heterocycles. The molecule has 1 aliphatic rings. The Morgan fingerprint density at radius 1 is 1.50 bits per heavy atom. The summed E-state index contributed by atoms with van der Waals surface area (Å²) in [7, 11) is 0. The van der Waals surface area contributed by atoms with Crippen molar-refractivity contribution in [1.82, 2.24) is 5.32 Å². The average molecular weight is 291 g/mol. The molecule has 1 unspecified atom stereocenters. The molecule has 0 fully saturated rings. The van der Waals surface area contributed by atoms with E-state index in [4.69, 9.17) is 0 Å². The summed E-state index contributed by atoms with van der Waals surface area (Å²) in [6.07, 6.45) is 8.75. The zero-order valence-corrected chi connectivity index (χ0v) is 13.7. The lowest BCUT2D eigenvalue weighted by atomic mass is 10.1. The third-order valence-electron chi connectivity index (χ3n) is 3.10. The van der Waals surface area contributed by atoms with Crippen molar-refractivity contribution in [3.8, 4) is 0 Å². The van der Waals surface area contributed by atoms with Crippen molar-refractivity contribution in [3.63, 3.8) is 0 Å². The number of nitrogens with one attached hydrogen (secondary N) is 1. The first-order valence-corrected chi connectivity index (χ1v) is 8.06. The van der Waals surface area contributed by atoms with E-state index < -0.39 is 0 Å². The van der Waals surface area contributed by atoms with Gasteiger partial charge in [0.05, 0.1) is 4.91 Å². The minimum atomic E-state index is 0.0502. The zero-order valence-electron chi connectivity index (χ0n) is 12.9. The van der Waals surface area contributed by atoms with E-state index in [9.17, 15) is 4.79 Å². The van der Waals surface area contributed by atoms with Gasteiger partial charge in [0.2, 0.25) is 0 Å². The molecule has 1 amide bonds. The van der Waals surface area contributed by atoms with Crippen LogP contribution in [-0.2, 0) is 4.79 Å². The second kappa shape index (κ2) is 8.15. The molecule has 0 spiro atoms. The van der Waals surface area contributed by atoms with Crippen molar-refractivity contribution in [2.45, 2.75) is 40.2 Å². The van der Waals surface area contributed by atoms with E-state index in [1.54, 1.807) is 17.8 Å². The molecule has 2 nitrogen and oxygen atoms in total. The van der Waals surface area contributed by atoms with Crippen molar-refractivity contribution < 1.29 is 4.79 Å². The fourth-order valence-corrected chi connectivity index (χ4v) is 3.24. The lowest BCUT2D eigenvalue weighted by Crippen LogP contribution is -2.34. The Morgan fingerprint density at radius 3 is 2.75 bits per heavy atom. The van der Waals surface area contributed by atoms with Crippen LogP contribution < -0.4 is 5.32 Å². The van der Waals surface area contributed by atoms with Crippen LogP contribution in [0, 0.1) is 5.92 Å². The molecule has 0 bridgehead atoms. The van der Waals surface area contributed by atoms with Gasteiger partial charge in [0.25, 0.3) is 5.91 Å². The summed E-state index contributed by atoms with van der Waals surface area (Å²) in [5, 5.41) is 3.07. The predicted octanol–water partition coefficient (Wildman–Crippen LogP) is 4.23. The summed E-state index contributed by atoms with van der Waals surface area (Å²) in [6, 6.07) is 0.218. The van der Waals surface area contributed by atoms with Gasteiger partial charge in [-0.1, -0.05) is 38.7 Å². The number of amides is 1. The average Bonchev–Trinajstić information content (AvgIpc) is 2.36. The Hall–Kier alpha value is -1.22. The fourth-order valence-electron chi connectivity index (χ4n) is 2.16. The van der Waals surface area contributed by atoms with Gasteiger partial charge in [-0.3, -0.25) is 4.79 Å². The van der Waals surface area contributed by atoms with Crippen molar-refractivity contribution in [2.24, 2.45) is 5.92 Å². The Labute approximate surface area is 127 Å². The minimum absolute atomic E-state index is 0.0502. The molecule has 0 aromatic rings. The molecule has 1 atom stereocenters. The molecule has 1 aliphatic heterocycles. The van der Waals surface area contributed by atoms with E-state index in [-0.39, 0.29) is 11.9 Å². The highest BCUT2D eigenvalue weighted by atomic mass is 32.2. The summed E-state index contributed by atoms with van der Waals surface area (Å²) >= 11 is 1.60. The second-order valence-electron chi connectivity index (χ2n) is 5.60. The Morgan fingerprint density at radius 2 is 2.20 bits per heavy atom. The lowest BCUT2D eigenvalue weighted by Gasteiger charge is -2.19. The molecule has 1 heterocycles. The van der Waals surface area contributed by atoms with E-state index in [0.29, 0.717) is 5.92 Å². The van der Waals surface area contributed by atoms with Crippen molar-refractivity contribution in [1.29, 1.82) is 0 Å². The molecular weight excluding hydrogens is 266 g/mol. The number of hydrogen-bond donors (Lipinski definition) is 1. The van der Waals surface area contributed by atoms with Crippen LogP contribution in [-0.4, -0.2) is 17.7 Å². The monoisotopic (exact) mass is 291 g/mol. The van der Waals surface area contributed by atoms with Crippen LogP contribution in [0.1, 0.15) is 34.1 Å². The number of allylic oxidation sites excluding steroid dienone is 5. The number of hydrogen-bond acceptors (Lipinski definition) is 2. The number of carbonyl (C=O) groups is 1. The third kappa shape index (κ3) is 5.41. The molecule has 1 rings (SSSR count). The largest absolute Gasteiger partial charge is 0.349 e. The summed E-state index contributed by atoms with van der Waals surface area (Å²) < 4.78 is 0. The SMILES string of the molecule is C=C/C=C\C1=C(C)C=C(C(=O)NC(C)CC(C)C)SC1. The normalized spacial score (nSPS) is 17.4. The van der Waals surface area contributed by atoms with Gasteiger partial charge in [-0.15, -0.1) is 11.8 Å². The van der Waals surface area contributed by atoms with E-state index >= 15 is 0 Å². The van der Waals surface area contributed by atoms with E-state index in [0.717, 1.165) is 22.7 Å². The molecule has 3 heteroatoms. The van der Waals surface area contributed by atoms with Crippen LogP contribution in [0.5, 0.6) is 0 Å². The maximum Gasteiger partial charge on any atom is 0.257 e. The number of carbonyl (C=O) groups excluding carboxylic acids is 1. The smallest absolute Gasteiger partial charge is 0.257 e. The van der Waals surface area contributed by atoms with Gasteiger partial charge in [0.1, 0.15) is 0 Å². The van der Waals surface area contributed by atoms with Gasteiger partial charge < -0.3 is 5.32 Å². The molecule has 0 saturated heterocycles. The maximum atomic E-state index is 12.2. The van der Waals surface area contributed by atoms with Gasteiger partial charge >= 0.3 is 0 Å². The molecular formula is C17H25NOS. The summed E-state index contributed by atoms with van der Waals surface area (Å²) in [5.74, 6) is 1.48. The molecule has 1 N–H and O–H groups in total. The van der Waals surface area contributed by atoms with E-state index in [2.05, 4.69) is 38.7 Å². The van der Waals surface area contributed by atoms with Crippen molar-refractivity contribution in [3.05, 3.63) is 46.9 Å². The summed E-state index contributed by atoms with van der Waals surface area (Å²) in [6.45, 7) is 12.1. The predicted molar refractivity (Wildman–Crippen MR) is 89.6 cm³/mol. The van der Waals surface area contributed by atoms with Crippen LogP contribution in [0.4, 0.5) is 0 Å². The van der Waals surface area contributed by atoms with Crippen molar-refractivity contribution in [2.75, 3.05) is 5.75 Å². The highest BCUT2D eigenvalue weighted by molar-refractivity contribution is 8.04. The molecule has 0 radical (unpaired) electrons. The zero-order chi connectivity index (χ0) is 15.1. The van der Waals surface area contributed by atoms with Gasteiger partial charge in [-0.2, -0.15) is 0 Å². The second-order valence-corrected chi connectivity index (χ2v) is 6.62. The molecule has 0 saturated carbocycles. The van der Waals surface area contributed by atoms with E-state index in [1.165, 1.54) is 5.57 Å². The van der Waals surface area contributed by atoms with Crippen LogP contribution >= 0.6 is 11.8 Å². The molecule has 110 valence electrons. The first-order valence-electron chi connectivity index (χ1n) is 7.08. The highest BCUT2D eigenvalue weighted by Crippen LogP contribution is 2.29. The summed E-state index contributed by atoms with van der Waals surface area (Å²) in [5.41, 5.74) is 2.41. The minimum Gasteiger partial charge on any atom is -0.349 e. The van der Waals surface area contributed by atoms with Crippen LogP contribution in [0.15, 0.2) is 46.9 Å². The lowest BCUT2D eigenvalue weighted by molar-refractivity contribution is -0.117. The molecule has 0 aliphatic carbocycles. The van der Waals surface area contributed by atoms with Crippen LogP contribution in [0.25, 0.3) is 0 Å². The molecule has 20 heavy (non-hydrogen) atoms. The first kappa shape index (κ1) is 16.8. The standard InChI is InChI=1S/C17H25NOS/c1-6-7-8-15-11-20-16(10-13(15)4)17(19)18-14(5)9-12(2)3/h6-8,10,12,14H,1,9,11H2,2-5H3,(H,18,19)/b8-7-. The van der Waals surface area contributed by atoms with Gasteiger partial charge in [0.15, 0.2) is 0 Å². The maximum absolute atomic E-state index is 12.2. The highest BCUT2D eigenvalue weighted by Gasteiger charge is 2.17. The Bertz CT molecular complexity index is 458. The quantitative estimate of drug-likeness (QED) is 0.742. The van der Waals surface area contributed by atoms with Crippen LogP contribution in [0.3, 0.4) is 0 Å². The van der Waals surface area contributed by atoms with Gasteiger partial charge in [-0.25, -0.2) is 0 Å². The van der Waals surface area contributed by atoms with Crippen molar-refractivity contribution >= 4 is 17.7 Å². The Balaban J connectivity index is 2.69. The van der Waals surface area contributed by atoms with Crippen LogP contribution in [0.2, 0.25) is 0 Å². The fraction of sp³-hybridized carbons (Fsp3) is 0.471. The number of thioether (sulfide) groups is 1. The topological polar surface area (TPSA) is 29.1 Å². The summed E-state index contributed by atoms with van der Waals surface area (Å²) in [4.78, 5) is 13.0. The van der Waals surface area contributed by atoms with E-state index in [1.807, 2.05) is 19.1 Å². The molecule has 0 aromatic carbocycles.